The van der Waals surface area contributed by atoms with Crippen LogP contribution < -0.4 is 0 Å². The number of aromatic nitrogens is 3. The van der Waals surface area contributed by atoms with E-state index in [0.717, 1.165) is 12.1 Å². The van der Waals surface area contributed by atoms with Crippen LogP contribution in [0.2, 0.25) is 5.02 Å². The lowest BCUT2D eigenvalue weighted by atomic mass is 10.2. The van der Waals surface area contributed by atoms with Crippen molar-refractivity contribution < 1.29 is 23.1 Å². The van der Waals surface area contributed by atoms with Gasteiger partial charge in [-0.2, -0.15) is 13.2 Å². The predicted octanol–water partition coefficient (Wildman–Crippen LogP) is 2.96. The summed E-state index contributed by atoms with van der Waals surface area (Å²) in [6, 6.07) is 2.87. The quantitative estimate of drug-likeness (QED) is 0.940. The van der Waals surface area contributed by atoms with Crippen LogP contribution in [-0.4, -0.2) is 26.1 Å². The predicted molar refractivity (Wildman–Crippen MR) is 67.3 cm³/mol. The van der Waals surface area contributed by atoms with E-state index in [1.54, 1.807) is 0 Å². The van der Waals surface area contributed by atoms with Crippen molar-refractivity contribution in [3.8, 4) is 5.69 Å². The highest BCUT2D eigenvalue weighted by Crippen LogP contribution is 2.32. The first kappa shape index (κ1) is 15.3. The van der Waals surface area contributed by atoms with Gasteiger partial charge in [0.25, 0.3) is 0 Å². The van der Waals surface area contributed by atoms with Gasteiger partial charge in [-0.3, -0.25) is 4.79 Å². The third-order valence-corrected chi connectivity index (χ3v) is 2.96. The SMILES string of the molecule is O=C(O)CCc1cn(-c2ccc(C(F)(F)F)cc2Cl)nn1. The van der Waals surface area contributed by atoms with E-state index in [9.17, 15) is 18.0 Å². The fourth-order valence-corrected chi connectivity index (χ4v) is 1.90. The summed E-state index contributed by atoms with van der Waals surface area (Å²) in [6.45, 7) is 0. The minimum absolute atomic E-state index is 0.112. The molecule has 0 spiro atoms. The van der Waals surface area contributed by atoms with E-state index in [1.807, 2.05) is 0 Å². The van der Waals surface area contributed by atoms with Crippen molar-refractivity contribution >= 4 is 17.6 Å². The van der Waals surface area contributed by atoms with Gasteiger partial charge in [-0.15, -0.1) is 5.10 Å². The maximum Gasteiger partial charge on any atom is 0.416 e. The summed E-state index contributed by atoms with van der Waals surface area (Å²) in [5.74, 6) is -0.975. The second-order valence-corrected chi connectivity index (χ2v) is 4.62. The number of aliphatic carboxylic acids is 1. The molecule has 0 atom stereocenters. The fraction of sp³-hybridized carbons (Fsp3) is 0.250. The molecule has 0 fully saturated rings. The van der Waals surface area contributed by atoms with Gasteiger partial charge in [0.05, 0.1) is 34.6 Å². The van der Waals surface area contributed by atoms with Crippen LogP contribution in [0.15, 0.2) is 24.4 Å². The molecule has 2 rings (SSSR count). The summed E-state index contributed by atoms with van der Waals surface area (Å²) in [4.78, 5) is 10.5. The van der Waals surface area contributed by atoms with Gasteiger partial charge in [-0.25, -0.2) is 4.68 Å². The van der Waals surface area contributed by atoms with Crippen molar-refractivity contribution in [2.45, 2.75) is 19.0 Å². The molecule has 5 nitrogen and oxygen atoms in total. The second kappa shape index (κ2) is 5.72. The van der Waals surface area contributed by atoms with E-state index >= 15 is 0 Å². The zero-order valence-corrected chi connectivity index (χ0v) is 11.2. The Balaban J connectivity index is 2.24. The number of halogens is 4. The minimum Gasteiger partial charge on any atom is -0.481 e. The molecule has 0 aliphatic carbocycles. The molecule has 1 heterocycles. The molecule has 0 saturated heterocycles. The monoisotopic (exact) mass is 319 g/mol. The lowest BCUT2D eigenvalue weighted by Crippen LogP contribution is -2.06. The third kappa shape index (κ3) is 3.72. The Morgan fingerprint density at radius 1 is 1.38 bits per heavy atom. The number of nitrogens with zero attached hydrogens (tertiary/aromatic N) is 3. The Labute approximate surface area is 121 Å². The Kier molecular flexibility index (Phi) is 4.17. The topological polar surface area (TPSA) is 68.0 Å². The van der Waals surface area contributed by atoms with Gasteiger partial charge in [0, 0.05) is 6.42 Å². The maximum absolute atomic E-state index is 12.5. The number of aryl methyl sites for hydroxylation is 1. The van der Waals surface area contributed by atoms with Crippen LogP contribution in [0.25, 0.3) is 5.69 Å². The first-order chi connectivity index (χ1) is 9.77. The minimum atomic E-state index is -4.48. The highest BCUT2D eigenvalue weighted by Gasteiger charge is 2.31. The number of benzene rings is 1. The zero-order chi connectivity index (χ0) is 15.6. The molecule has 0 saturated carbocycles. The summed E-state index contributed by atoms with van der Waals surface area (Å²) in [5, 5.41) is 15.9. The van der Waals surface area contributed by atoms with Crippen LogP contribution in [0.3, 0.4) is 0 Å². The summed E-state index contributed by atoms with van der Waals surface area (Å²) >= 11 is 5.82. The van der Waals surface area contributed by atoms with Crippen molar-refractivity contribution in [1.82, 2.24) is 15.0 Å². The van der Waals surface area contributed by atoms with Gasteiger partial charge in [-0.1, -0.05) is 16.8 Å². The number of hydrogen-bond donors (Lipinski definition) is 1. The van der Waals surface area contributed by atoms with Gasteiger partial charge in [0.2, 0.25) is 0 Å². The molecule has 0 aliphatic heterocycles. The lowest BCUT2D eigenvalue weighted by Gasteiger charge is -2.09. The Morgan fingerprint density at radius 3 is 2.67 bits per heavy atom. The average Bonchev–Trinajstić information content (AvgIpc) is 2.83. The lowest BCUT2D eigenvalue weighted by molar-refractivity contribution is -0.138. The number of alkyl halides is 3. The molecule has 2 aromatic rings. The van der Waals surface area contributed by atoms with Crippen molar-refractivity contribution in [2.75, 3.05) is 0 Å². The maximum atomic E-state index is 12.5. The number of carboxylic acid groups (broad SMARTS) is 1. The number of hydrogen-bond acceptors (Lipinski definition) is 3. The Morgan fingerprint density at radius 2 is 2.10 bits per heavy atom. The summed E-state index contributed by atoms with van der Waals surface area (Å²) < 4.78 is 38.8. The highest BCUT2D eigenvalue weighted by molar-refractivity contribution is 6.32. The molecular weight excluding hydrogens is 311 g/mol. The molecule has 112 valence electrons. The first-order valence-corrected chi connectivity index (χ1v) is 6.15. The van der Waals surface area contributed by atoms with Gasteiger partial charge in [0.15, 0.2) is 0 Å². The van der Waals surface area contributed by atoms with Crippen molar-refractivity contribution in [3.63, 3.8) is 0 Å². The van der Waals surface area contributed by atoms with E-state index in [-0.39, 0.29) is 23.6 Å². The molecule has 1 N–H and O–H groups in total. The van der Waals surface area contributed by atoms with Gasteiger partial charge in [0.1, 0.15) is 0 Å². The molecule has 21 heavy (non-hydrogen) atoms. The molecule has 0 bridgehead atoms. The fourth-order valence-electron chi connectivity index (χ4n) is 1.63. The molecule has 0 radical (unpaired) electrons. The van der Waals surface area contributed by atoms with Gasteiger partial charge < -0.3 is 5.11 Å². The third-order valence-electron chi connectivity index (χ3n) is 2.66. The van der Waals surface area contributed by atoms with E-state index in [2.05, 4.69) is 10.3 Å². The van der Waals surface area contributed by atoms with Crippen LogP contribution in [0.4, 0.5) is 13.2 Å². The number of carbonyl (C=O) groups is 1. The van der Waals surface area contributed by atoms with E-state index < -0.39 is 17.7 Å². The highest BCUT2D eigenvalue weighted by atomic mass is 35.5. The number of carboxylic acids is 1. The van der Waals surface area contributed by atoms with E-state index in [0.29, 0.717) is 5.69 Å². The molecule has 0 aliphatic rings. The zero-order valence-electron chi connectivity index (χ0n) is 10.4. The smallest absolute Gasteiger partial charge is 0.416 e. The Bertz CT molecular complexity index is 670. The van der Waals surface area contributed by atoms with Gasteiger partial charge >= 0.3 is 12.1 Å². The van der Waals surface area contributed by atoms with Crippen LogP contribution in [0, 0.1) is 0 Å². The average molecular weight is 320 g/mol. The molecule has 1 aromatic carbocycles. The van der Waals surface area contributed by atoms with Crippen molar-refractivity contribution in [2.24, 2.45) is 0 Å². The Hall–Kier alpha value is -2.09. The normalized spacial score (nSPS) is 11.6. The van der Waals surface area contributed by atoms with Crippen LogP contribution in [-0.2, 0) is 17.4 Å². The molecule has 0 amide bonds. The first-order valence-electron chi connectivity index (χ1n) is 5.77. The largest absolute Gasteiger partial charge is 0.481 e. The number of rotatable bonds is 4. The summed E-state index contributed by atoms with van der Waals surface area (Å²) in [5.41, 5.74) is -0.213. The molecular formula is C12H9ClF3N3O2. The van der Waals surface area contributed by atoms with Crippen molar-refractivity contribution in [1.29, 1.82) is 0 Å². The molecule has 0 unspecified atom stereocenters. The van der Waals surface area contributed by atoms with E-state index in [4.69, 9.17) is 16.7 Å². The summed E-state index contributed by atoms with van der Waals surface area (Å²) in [6.07, 6.45) is -2.98. The molecule has 1 aromatic heterocycles. The van der Waals surface area contributed by atoms with Crippen LogP contribution >= 0.6 is 11.6 Å². The van der Waals surface area contributed by atoms with Crippen molar-refractivity contribution in [3.05, 3.63) is 40.7 Å². The standard InChI is InChI=1S/C12H9ClF3N3O2/c13-9-5-7(12(14,15)16)1-3-10(9)19-6-8(17-18-19)2-4-11(20)21/h1,3,5-6H,2,4H2,(H,20,21). The van der Waals surface area contributed by atoms with E-state index in [1.165, 1.54) is 16.9 Å². The van der Waals surface area contributed by atoms with Crippen LogP contribution in [0.5, 0.6) is 0 Å². The second-order valence-electron chi connectivity index (χ2n) is 4.21. The van der Waals surface area contributed by atoms with Crippen LogP contribution in [0.1, 0.15) is 17.7 Å². The van der Waals surface area contributed by atoms with Gasteiger partial charge in [-0.05, 0) is 18.2 Å². The molecule has 9 heteroatoms. The summed E-state index contributed by atoms with van der Waals surface area (Å²) in [7, 11) is 0.